The normalized spacial score (nSPS) is 23.2. The molecule has 4 heteroatoms. The Kier molecular flexibility index (Phi) is 4.35. The van der Waals surface area contributed by atoms with Crippen LogP contribution in [0.1, 0.15) is 19.8 Å². The summed E-state index contributed by atoms with van der Waals surface area (Å²) in [6, 6.07) is 0.615. The van der Waals surface area contributed by atoms with Gasteiger partial charge in [0.15, 0.2) is 0 Å². The third-order valence-electron chi connectivity index (χ3n) is 2.85. The molecule has 1 rings (SSSR count). The molecule has 1 heterocycles. The maximum Gasteiger partial charge on any atom is 0.231 e. The van der Waals surface area contributed by atoms with Gasteiger partial charge in [-0.15, -0.1) is 0 Å². The van der Waals surface area contributed by atoms with Gasteiger partial charge < -0.3 is 5.73 Å². The molecule has 0 aliphatic carbocycles. The van der Waals surface area contributed by atoms with Crippen molar-refractivity contribution >= 4 is 5.91 Å². The average Bonchev–Trinajstić information content (AvgIpc) is 2.50. The molecule has 1 saturated heterocycles. The van der Waals surface area contributed by atoms with Gasteiger partial charge in [0, 0.05) is 12.6 Å². The van der Waals surface area contributed by atoms with Crippen LogP contribution < -0.4 is 5.73 Å². The number of primary amides is 1. The van der Waals surface area contributed by atoms with E-state index in [0.717, 1.165) is 13.1 Å². The lowest BCUT2D eigenvalue weighted by atomic mass is 10.2. The van der Waals surface area contributed by atoms with Crippen LogP contribution >= 0.6 is 0 Å². The van der Waals surface area contributed by atoms with Crippen LogP contribution in [0.25, 0.3) is 0 Å². The van der Waals surface area contributed by atoms with Gasteiger partial charge in [0.25, 0.3) is 0 Å². The molecule has 0 saturated carbocycles. The molecular weight excluding hydrogens is 178 g/mol. The third kappa shape index (κ3) is 3.27. The Bertz CT molecular complexity index is 196. The number of hydrogen-bond donors (Lipinski definition) is 1. The van der Waals surface area contributed by atoms with E-state index in [0.29, 0.717) is 12.6 Å². The lowest BCUT2D eigenvalue weighted by molar-refractivity contribution is -0.119. The Balaban J connectivity index is 2.31. The predicted molar refractivity (Wildman–Crippen MR) is 57.0 cm³/mol. The highest BCUT2D eigenvalue weighted by Crippen LogP contribution is 2.16. The molecule has 0 radical (unpaired) electrons. The summed E-state index contributed by atoms with van der Waals surface area (Å²) in [6.07, 6.45) is 2.53. The lowest BCUT2D eigenvalue weighted by Gasteiger charge is -2.26. The summed E-state index contributed by atoms with van der Waals surface area (Å²) >= 11 is 0. The van der Waals surface area contributed by atoms with Gasteiger partial charge in [-0.1, -0.05) is 6.92 Å². The van der Waals surface area contributed by atoms with Gasteiger partial charge in [0.2, 0.25) is 5.91 Å². The summed E-state index contributed by atoms with van der Waals surface area (Å²) in [4.78, 5) is 15.2. The summed E-state index contributed by atoms with van der Waals surface area (Å²) in [7, 11) is 1.96. The Hall–Kier alpha value is -0.610. The molecule has 82 valence electrons. The first-order valence-electron chi connectivity index (χ1n) is 5.34. The van der Waals surface area contributed by atoms with Crippen molar-refractivity contribution < 1.29 is 4.79 Å². The number of nitrogens with zero attached hydrogens (tertiary/aromatic N) is 2. The standard InChI is InChI=1S/C10H21N3O/c1-3-13-6-4-5-9(13)7-12(2)8-10(11)14/h9H,3-8H2,1-2H3,(H2,11,14). The van der Waals surface area contributed by atoms with Gasteiger partial charge in [-0.3, -0.25) is 14.6 Å². The zero-order valence-corrected chi connectivity index (χ0v) is 9.20. The molecule has 1 atom stereocenters. The van der Waals surface area contributed by atoms with Crippen molar-refractivity contribution in [2.75, 3.05) is 33.2 Å². The molecule has 0 spiro atoms. The smallest absolute Gasteiger partial charge is 0.231 e. The van der Waals surface area contributed by atoms with Crippen LogP contribution in [0.2, 0.25) is 0 Å². The van der Waals surface area contributed by atoms with E-state index < -0.39 is 0 Å². The molecule has 0 aromatic carbocycles. The third-order valence-corrected chi connectivity index (χ3v) is 2.85. The minimum absolute atomic E-state index is 0.242. The van der Waals surface area contributed by atoms with Gasteiger partial charge >= 0.3 is 0 Å². The summed E-state index contributed by atoms with van der Waals surface area (Å²) in [5.74, 6) is -0.242. The van der Waals surface area contributed by atoms with Gasteiger partial charge in [-0.2, -0.15) is 0 Å². The predicted octanol–water partition coefficient (Wildman–Crippen LogP) is -0.112. The SMILES string of the molecule is CCN1CCCC1CN(C)CC(N)=O. The van der Waals surface area contributed by atoms with Gasteiger partial charge in [0.1, 0.15) is 0 Å². The van der Waals surface area contributed by atoms with E-state index in [-0.39, 0.29) is 5.91 Å². The molecule has 1 amide bonds. The fourth-order valence-electron chi connectivity index (χ4n) is 2.21. The monoisotopic (exact) mass is 199 g/mol. The minimum Gasteiger partial charge on any atom is -0.369 e. The summed E-state index contributed by atoms with van der Waals surface area (Å²) < 4.78 is 0. The van der Waals surface area contributed by atoms with E-state index in [1.165, 1.54) is 19.4 Å². The van der Waals surface area contributed by atoms with Crippen molar-refractivity contribution in [3.8, 4) is 0 Å². The number of carbonyl (C=O) groups is 1. The molecule has 0 bridgehead atoms. The van der Waals surface area contributed by atoms with Crippen molar-refractivity contribution in [3.63, 3.8) is 0 Å². The van der Waals surface area contributed by atoms with Crippen LogP contribution in [0.4, 0.5) is 0 Å². The van der Waals surface area contributed by atoms with E-state index in [4.69, 9.17) is 5.73 Å². The molecule has 0 aromatic rings. The highest BCUT2D eigenvalue weighted by Gasteiger charge is 2.24. The number of nitrogens with two attached hydrogens (primary N) is 1. The van der Waals surface area contributed by atoms with Crippen molar-refractivity contribution in [1.82, 2.24) is 9.80 Å². The Labute approximate surface area is 86.0 Å². The summed E-state index contributed by atoms with van der Waals surface area (Å²) in [5, 5.41) is 0. The second-order valence-corrected chi connectivity index (χ2v) is 4.09. The number of amides is 1. The fraction of sp³-hybridized carbons (Fsp3) is 0.900. The van der Waals surface area contributed by atoms with E-state index in [1.54, 1.807) is 0 Å². The van der Waals surface area contributed by atoms with Crippen LogP contribution in [0.3, 0.4) is 0 Å². The average molecular weight is 199 g/mol. The summed E-state index contributed by atoms with van der Waals surface area (Å²) in [6.45, 7) is 5.82. The maximum atomic E-state index is 10.7. The van der Waals surface area contributed by atoms with Crippen LogP contribution in [0.5, 0.6) is 0 Å². The Morgan fingerprint density at radius 2 is 2.36 bits per heavy atom. The van der Waals surface area contributed by atoms with E-state index >= 15 is 0 Å². The first-order chi connectivity index (χ1) is 6.63. The second kappa shape index (κ2) is 5.32. The molecule has 14 heavy (non-hydrogen) atoms. The molecule has 4 nitrogen and oxygen atoms in total. The number of hydrogen-bond acceptors (Lipinski definition) is 3. The Morgan fingerprint density at radius 3 is 2.93 bits per heavy atom. The van der Waals surface area contributed by atoms with Crippen molar-refractivity contribution in [2.45, 2.75) is 25.8 Å². The number of carbonyl (C=O) groups excluding carboxylic acids is 1. The zero-order valence-electron chi connectivity index (χ0n) is 9.20. The van der Waals surface area contributed by atoms with E-state index in [1.807, 2.05) is 11.9 Å². The Morgan fingerprint density at radius 1 is 1.64 bits per heavy atom. The lowest BCUT2D eigenvalue weighted by Crippen LogP contribution is -2.41. The van der Waals surface area contributed by atoms with Crippen LogP contribution in [-0.2, 0) is 4.79 Å². The van der Waals surface area contributed by atoms with Crippen LogP contribution in [-0.4, -0.2) is 55.0 Å². The van der Waals surface area contributed by atoms with Crippen molar-refractivity contribution in [3.05, 3.63) is 0 Å². The largest absolute Gasteiger partial charge is 0.369 e. The van der Waals surface area contributed by atoms with Crippen molar-refractivity contribution in [2.24, 2.45) is 5.73 Å². The maximum absolute atomic E-state index is 10.7. The van der Waals surface area contributed by atoms with Crippen LogP contribution in [0, 0.1) is 0 Å². The van der Waals surface area contributed by atoms with Crippen molar-refractivity contribution in [1.29, 1.82) is 0 Å². The minimum atomic E-state index is -0.242. The molecule has 1 fully saturated rings. The molecule has 2 N–H and O–H groups in total. The fourth-order valence-corrected chi connectivity index (χ4v) is 2.21. The molecule has 0 aromatic heterocycles. The number of likely N-dealkylation sites (tertiary alicyclic amines) is 1. The van der Waals surface area contributed by atoms with Gasteiger partial charge in [-0.05, 0) is 33.0 Å². The zero-order chi connectivity index (χ0) is 10.6. The van der Waals surface area contributed by atoms with Crippen LogP contribution in [0.15, 0.2) is 0 Å². The first-order valence-corrected chi connectivity index (χ1v) is 5.34. The molecular formula is C10H21N3O. The molecule has 1 unspecified atom stereocenters. The second-order valence-electron chi connectivity index (χ2n) is 4.09. The highest BCUT2D eigenvalue weighted by atomic mass is 16.1. The van der Waals surface area contributed by atoms with E-state index in [9.17, 15) is 4.79 Å². The van der Waals surface area contributed by atoms with Gasteiger partial charge in [0.05, 0.1) is 6.54 Å². The first kappa shape index (κ1) is 11.5. The number of rotatable bonds is 5. The molecule has 1 aliphatic heterocycles. The highest BCUT2D eigenvalue weighted by molar-refractivity contribution is 5.75. The molecule has 1 aliphatic rings. The number of likely N-dealkylation sites (N-methyl/N-ethyl adjacent to an activating group) is 2. The summed E-state index contributed by atoms with van der Waals surface area (Å²) in [5.41, 5.74) is 5.14. The quantitative estimate of drug-likeness (QED) is 0.672. The topological polar surface area (TPSA) is 49.6 Å². The van der Waals surface area contributed by atoms with E-state index in [2.05, 4.69) is 11.8 Å². The van der Waals surface area contributed by atoms with Gasteiger partial charge in [-0.25, -0.2) is 0 Å².